The van der Waals surface area contributed by atoms with Gasteiger partial charge in [0, 0.05) is 6.26 Å². The van der Waals surface area contributed by atoms with Gasteiger partial charge in [-0.3, -0.25) is 0 Å². The highest BCUT2D eigenvalue weighted by atomic mass is 32.2. The normalized spacial score (nSPS) is 19.2. The molecule has 0 aromatic heterocycles. The molecule has 0 aliphatic rings. The summed E-state index contributed by atoms with van der Waals surface area (Å²) in [5, 5.41) is 1.27. The third kappa shape index (κ3) is 3.98. The van der Waals surface area contributed by atoms with Crippen LogP contribution in [-0.4, -0.2) is 20.4 Å². The van der Waals surface area contributed by atoms with E-state index in [1.807, 2.05) is 0 Å². The van der Waals surface area contributed by atoms with Crippen molar-refractivity contribution in [3.05, 3.63) is 0 Å². The Morgan fingerprint density at radius 2 is 2.00 bits per heavy atom. The van der Waals surface area contributed by atoms with Crippen LogP contribution in [0.4, 0.5) is 0 Å². The van der Waals surface area contributed by atoms with Gasteiger partial charge in [-0.25, -0.2) is 4.21 Å². The predicted octanol–water partition coefficient (Wildman–Crippen LogP) is 0.196. The van der Waals surface area contributed by atoms with E-state index in [0.29, 0.717) is 0 Å². The average molecular weight is 108 g/mol. The molecule has 0 radical (unpaired) electrons. The zero-order valence-corrected chi connectivity index (χ0v) is 4.66. The lowest BCUT2D eigenvalue weighted by atomic mass is 11.0. The smallest absolute Gasteiger partial charge is 0.0744 e. The van der Waals surface area contributed by atoms with E-state index in [0.717, 1.165) is 0 Å². The minimum absolute atomic E-state index is 1.27. The summed E-state index contributed by atoms with van der Waals surface area (Å²) >= 11 is 0. The van der Waals surface area contributed by atoms with E-state index in [9.17, 15) is 4.21 Å². The Bertz CT molecular complexity index is 122. The van der Waals surface area contributed by atoms with Crippen LogP contribution in [0.25, 0.3) is 0 Å². The number of hydrogen-bond donors (Lipinski definition) is 1. The Labute approximate surface area is 38.0 Å². The van der Waals surface area contributed by atoms with E-state index in [1.54, 1.807) is 6.92 Å². The predicted molar refractivity (Wildman–Crippen MR) is 28.4 cm³/mol. The van der Waals surface area contributed by atoms with Crippen molar-refractivity contribution in [1.82, 2.24) is 0 Å². The van der Waals surface area contributed by atoms with Crippen molar-refractivity contribution in [2.24, 2.45) is 0 Å². The first-order chi connectivity index (χ1) is 2.56. The van der Waals surface area contributed by atoms with Crippen LogP contribution < -0.4 is 0 Å². The average Bonchev–Trinajstić information content (AvgIpc) is 1.35. The minimum Gasteiger partial charge on any atom is -0.314 e. The molecular formula is C3H8O2S. The molecule has 0 saturated heterocycles. The van der Waals surface area contributed by atoms with Crippen molar-refractivity contribution in [3.63, 3.8) is 0 Å². The molecule has 0 fully saturated rings. The number of rotatable bonds is 0. The van der Waals surface area contributed by atoms with Gasteiger partial charge in [0.2, 0.25) is 0 Å². The van der Waals surface area contributed by atoms with Crippen LogP contribution in [0.15, 0.2) is 0 Å². The van der Waals surface area contributed by atoms with E-state index in [-0.39, 0.29) is 0 Å². The molecular weight excluding hydrogens is 100 g/mol. The third-order valence-electron chi connectivity index (χ3n) is 0.437. The van der Waals surface area contributed by atoms with E-state index < -0.39 is 9.80 Å². The summed E-state index contributed by atoms with van der Waals surface area (Å²) in [5.74, 6) is 0. The first-order valence-electron chi connectivity index (χ1n) is 1.57. The molecule has 1 unspecified atom stereocenters. The van der Waals surface area contributed by atoms with Crippen LogP contribution in [-0.2, 0) is 9.80 Å². The lowest BCUT2D eigenvalue weighted by Gasteiger charge is -1.83. The summed E-state index contributed by atoms with van der Waals surface area (Å²) < 4.78 is 18.4. The van der Waals surface area contributed by atoms with Gasteiger partial charge in [0.25, 0.3) is 0 Å². The quantitative estimate of drug-likeness (QED) is 0.450. The molecule has 0 aliphatic carbocycles. The highest BCUT2D eigenvalue weighted by Crippen LogP contribution is 1.68. The van der Waals surface area contributed by atoms with Gasteiger partial charge in [-0.15, -0.1) is 0 Å². The second kappa shape index (κ2) is 1.62. The molecule has 2 nitrogen and oxygen atoms in total. The van der Waals surface area contributed by atoms with Crippen molar-refractivity contribution in [3.8, 4) is 0 Å². The molecule has 0 aliphatic heterocycles. The second-order valence-corrected chi connectivity index (χ2v) is 3.29. The van der Waals surface area contributed by atoms with Crippen LogP contribution in [0.5, 0.6) is 0 Å². The van der Waals surface area contributed by atoms with Crippen molar-refractivity contribution < 1.29 is 8.76 Å². The Hall–Kier alpha value is -0.0200. The van der Waals surface area contributed by atoms with Crippen LogP contribution in [0.2, 0.25) is 0 Å². The van der Waals surface area contributed by atoms with Crippen LogP contribution in [0.1, 0.15) is 6.92 Å². The zero-order chi connectivity index (χ0) is 5.21. The summed E-state index contributed by atoms with van der Waals surface area (Å²) in [5.41, 5.74) is 0. The minimum atomic E-state index is -2.54. The van der Waals surface area contributed by atoms with Gasteiger partial charge in [0.1, 0.15) is 0 Å². The fourth-order valence-electron chi connectivity index (χ4n) is 0. The first-order valence-corrected chi connectivity index (χ1v) is 3.56. The summed E-state index contributed by atoms with van der Waals surface area (Å²) in [6.07, 6.45) is 1.27. The maximum absolute atomic E-state index is 10.1. The molecule has 38 valence electrons. The van der Waals surface area contributed by atoms with Gasteiger partial charge in [-0.1, -0.05) is 0 Å². The molecule has 0 saturated carbocycles. The van der Waals surface area contributed by atoms with Gasteiger partial charge in [-0.2, -0.15) is 0 Å². The molecule has 0 bridgehead atoms. The molecule has 1 atom stereocenters. The van der Waals surface area contributed by atoms with Gasteiger partial charge >= 0.3 is 0 Å². The highest BCUT2D eigenvalue weighted by molar-refractivity contribution is 7.95. The molecule has 0 amide bonds. The molecule has 0 rings (SSSR count). The fraction of sp³-hybridized carbons (Fsp3) is 0.667. The van der Waals surface area contributed by atoms with Crippen molar-refractivity contribution >= 4 is 15.2 Å². The Morgan fingerprint density at radius 3 is 2.00 bits per heavy atom. The Balaban J connectivity index is 4.24. The molecule has 0 aromatic carbocycles. The molecule has 3 heteroatoms. The van der Waals surface area contributed by atoms with E-state index in [1.165, 1.54) is 11.6 Å². The van der Waals surface area contributed by atoms with Crippen LogP contribution >= 0.6 is 0 Å². The van der Waals surface area contributed by atoms with Gasteiger partial charge in [0.05, 0.1) is 9.80 Å². The lowest BCUT2D eigenvalue weighted by Crippen LogP contribution is -1.93. The third-order valence-corrected chi connectivity index (χ3v) is 1.31. The lowest BCUT2D eigenvalue weighted by molar-refractivity contribution is 0.566. The zero-order valence-electron chi connectivity index (χ0n) is 3.84. The van der Waals surface area contributed by atoms with Crippen molar-refractivity contribution in [1.29, 1.82) is 0 Å². The van der Waals surface area contributed by atoms with Crippen molar-refractivity contribution in [2.45, 2.75) is 6.92 Å². The summed E-state index contributed by atoms with van der Waals surface area (Å²) in [7, 11) is -2.54. The first kappa shape index (κ1) is 5.98. The fourth-order valence-corrected chi connectivity index (χ4v) is 0. The van der Waals surface area contributed by atoms with Crippen molar-refractivity contribution in [2.75, 3.05) is 6.26 Å². The van der Waals surface area contributed by atoms with E-state index in [2.05, 4.69) is 0 Å². The molecule has 0 heterocycles. The van der Waals surface area contributed by atoms with E-state index in [4.69, 9.17) is 4.55 Å². The molecule has 0 aromatic rings. The summed E-state index contributed by atoms with van der Waals surface area (Å²) in [6, 6.07) is 0. The molecule has 6 heavy (non-hydrogen) atoms. The van der Waals surface area contributed by atoms with E-state index >= 15 is 0 Å². The highest BCUT2D eigenvalue weighted by Gasteiger charge is 1.78. The summed E-state index contributed by atoms with van der Waals surface area (Å²) in [4.78, 5) is 0. The molecule has 1 N–H and O–H groups in total. The maximum Gasteiger partial charge on any atom is 0.0744 e. The topological polar surface area (TPSA) is 37.3 Å². The number of hydrogen-bond acceptors (Lipinski definition) is 1. The van der Waals surface area contributed by atoms with Crippen LogP contribution in [0, 0.1) is 0 Å². The Kier molecular flexibility index (Phi) is 1.61. The maximum atomic E-state index is 10.1. The van der Waals surface area contributed by atoms with Gasteiger partial charge in [-0.05, 0) is 12.3 Å². The SMILES string of the molecule is CC=S(C)(=O)O. The monoisotopic (exact) mass is 108 g/mol. The largest absolute Gasteiger partial charge is 0.314 e. The molecule has 0 spiro atoms. The van der Waals surface area contributed by atoms with Gasteiger partial charge in [0.15, 0.2) is 0 Å². The van der Waals surface area contributed by atoms with Crippen LogP contribution in [0.3, 0.4) is 0 Å². The standard InChI is InChI=1S/C3H8O2S/c1-3-6(2,4)5/h3H,1-2H3,(H,4,5). The van der Waals surface area contributed by atoms with Gasteiger partial charge < -0.3 is 4.55 Å². The Morgan fingerprint density at radius 1 is 1.83 bits per heavy atom. The summed E-state index contributed by atoms with van der Waals surface area (Å²) in [6.45, 7) is 1.56. The second-order valence-electron chi connectivity index (χ2n) is 1.10.